The van der Waals surface area contributed by atoms with Crippen LogP contribution >= 0.6 is 11.3 Å². The van der Waals surface area contributed by atoms with E-state index in [4.69, 9.17) is 4.98 Å². The Labute approximate surface area is 171 Å². The smallest absolute Gasteiger partial charge is 0.132 e. The van der Waals surface area contributed by atoms with E-state index in [2.05, 4.69) is 29.0 Å². The third kappa shape index (κ3) is 3.13. The highest BCUT2D eigenvalue weighted by Gasteiger charge is 2.14. The molecule has 5 rings (SSSR count). The summed E-state index contributed by atoms with van der Waals surface area (Å²) < 4.78 is 14.4. The van der Waals surface area contributed by atoms with E-state index < -0.39 is 0 Å². The first kappa shape index (κ1) is 17.8. The molecule has 142 valence electrons. The molecule has 0 unspecified atom stereocenters. The Hall–Kier alpha value is -3.31. The highest BCUT2D eigenvalue weighted by atomic mass is 32.1. The minimum atomic E-state index is -0.215. The average molecular weight is 399 g/mol. The molecule has 0 spiro atoms. The van der Waals surface area contributed by atoms with Crippen molar-refractivity contribution in [2.75, 3.05) is 0 Å². The van der Waals surface area contributed by atoms with Crippen LogP contribution in [0.3, 0.4) is 0 Å². The van der Waals surface area contributed by atoms with Gasteiger partial charge in [-0.25, -0.2) is 9.37 Å². The van der Waals surface area contributed by atoms with Gasteiger partial charge in [-0.05, 0) is 55.8 Å². The number of fused-ring (bicyclic) bond motifs is 1. The predicted octanol–water partition coefficient (Wildman–Crippen LogP) is 6.78. The molecule has 0 radical (unpaired) electrons. The highest BCUT2D eigenvalue weighted by Crippen LogP contribution is 2.35. The van der Waals surface area contributed by atoms with Crippen molar-refractivity contribution in [1.82, 2.24) is 15.0 Å². The maximum absolute atomic E-state index is 14.4. The van der Waals surface area contributed by atoms with E-state index in [0.717, 1.165) is 48.9 Å². The molecule has 5 heteroatoms. The van der Waals surface area contributed by atoms with Gasteiger partial charge in [-0.3, -0.25) is 4.98 Å². The lowest BCUT2D eigenvalue weighted by Gasteiger charge is -2.04. The molecular formula is C24H18FN3S. The second kappa shape index (κ2) is 6.94. The van der Waals surface area contributed by atoms with Gasteiger partial charge in [0.05, 0.1) is 5.69 Å². The monoisotopic (exact) mass is 399 g/mol. The predicted molar refractivity (Wildman–Crippen MR) is 118 cm³/mol. The molecule has 1 N–H and O–H groups in total. The molecule has 0 aliphatic carbocycles. The van der Waals surface area contributed by atoms with Crippen molar-refractivity contribution in [2.45, 2.75) is 13.8 Å². The van der Waals surface area contributed by atoms with Gasteiger partial charge >= 0.3 is 0 Å². The van der Waals surface area contributed by atoms with Gasteiger partial charge in [0.2, 0.25) is 0 Å². The number of thiazole rings is 1. The molecule has 0 fully saturated rings. The van der Waals surface area contributed by atoms with Crippen molar-refractivity contribution >= 4 is 22.2 Å². The topological polar surface area (TPSA) is 41.6 Å². The largest absolute Gasteiger partial charge is 0.354 e. The van der Waals surface area contributed by atoms with Gasteiger partial charge in [0.25, 0.3) is 0 Å². The van der Waals surface area contributed by atoms with Crippen LogP contribution in [-0.4, -0.2) is 15.0 Å². The van der Waals surface area contributed by atoms with Crippen molar-refractivity contribution in [3.8, 4) is 33.1 Å². The normalized spacial score (nSPS) is 11.3. The SMILES string of the molecule is Cc1cccc(F)c1-c1cc2cc(-c3nc(-c4cccnc4)sc3C)ccc2[nH]1. The Balaban J connectivity index is 1.59. The molecule has 0 aliphatic heterocycles. The summed E-state index contributed by atoms with van der Waals surface area (Å²) >= 11 is 1.67. The van der Waals surface area contributed by atoms with Crippen LogP contribution in [0.4, 0.5) is 4.39 Å². The first-order chi connectivity index (χ1) is 14.1. The van der Waals surface area contributed by atoms with Crippen molar-refractivity contribution in [3.05, 3.63) is 83.2 Å². The number of hydrogen-bond acceptors (Lipinski definition) is 3. The summed E-state index contributed by atoms with van der Waals surface area (Å²) in [7, 11) is 0. The van der Waals surface area contributed by atoms with E-state index in [9.17, 15) is 4.39 Å². The zero-order chi connectivity index (χ0) is 20.0. The van der Waals surface area contributed by atoms with E-state index in [1.807, 2.05) is 43.5 Å². The third-order valence-electron chi connectivity index (χ3n) is 5.09. The summed E-state index contributed by atoms with van der Waals surface area (Å²) in [6, 6.07) is 17.3. The van der Waals surface area contributed by atoms with Gasteiger partial charge in [-0.2, -0.15) is 0 Å². The van der Waals surface area contributed by atoms with E-state index in [-0.39, 0.29) is 5.82 Å². The molecule has 3 heterocycles. The van der Waals surface area contributed by atoms with Gasteiger partial charge in [-0.15, -0.1) is 11.3 Å². The quantitative estimate of drug-likeness (QED) is 0.363. The lowest BCUT2D eigenvalue weighted by atomic mass is 10.0. The van der Waals surface area contributed by atoms with Gasteiger partial charge in [-0.1, -0.05) is 18.2 Å². The van der Waals surface area contributed by atoms with E-state index >= 15 is 0 Å². The number of nitrogens with one attached hydrogen (secondary N) is 1. The molecule has 0 amide bonds. The number of pyridine rings is 1. The molecule has 0 atom stereocenters. The Morgan fingerprint density at radius 1 is 0.966 bits per heavy atom. The fourth-order valence-corrected chi connectivity index (χ4v) is 4.59. The first-order valence-corrected chi connectivity index (χ1v) is 10.2. The fourth-order valence-electron chi connectivity index (χ4n) is 3.66. The van der Waals surface area contributed by atoms with Crippen molar-refractivity contribution in [1.29, 1.82) is 0 Å². The zero-order valence-electron chi connectivity index (χ0n) is 16.0. The van der Waals surface area contributed by atoms with E-state index in [1.54, 1.807) is 23.6 Å². The van der Waals surface area contributed by atoms with Gasteiger partial charge in [0, 0.05) is 50.6 Å². The molecule has 0 aliphatic rings. The molecule has 0 saturated heterocycles. The first-order valence-electron chi connectivity index (χ1n) is 9.36. The Morgan fingerprint density at radius 3 is 2.66 bits per heavy atom. The van der Waals surface area contributed by atoms with Crippen LogP contribution in [0.25, 0.3) is 44.0 Å². The molecular weight excluding hydrogens is 381 g/mol. The number of hydrogen-bond donors (Lipinski definition) is 1. The molecule has 29 heavy (non-hydrogen) atoms. The van der Waals surface area contributed by atoms with Crippen molar-refractivity contribution < 1.29 is 4.39 Å². The van der Waals surface area contributed by atoms with E-state index in [0.29, 0.717) is 5.56 Å². The Bertz CT molecular complexity index is 1320. The number of aromatic nitrogens is 3. The van der Waals surface area contributed by atoms with E-state index in [1.165, 1.54) is 6.07 Å². The zero-order valence-corrected chi connectivity index (χ0v) is 16.8. The lowest BCUT2D eigenvalue weighted by Crippen LogP contribution is -1.88. The summed E-state index contributed by atoms with van der Waals surface area (Å²) in [5, 5.41) is 2.00. The molecule has 3 aromatic heterocycles. The second-order valence-electron chi connectivity index (χ2n) is 7.08. The van der Waals surface area contributed by atoms with Crippen LogP contribution in [0, 0.1) is 19.7 Å². The summed E-state index contributed by atoms with van der Waals surface area (Å²) in [4.78, 5) is 13.6. The molecule has 0 bridgehead atoms. The molecule has 0 saturated carbocycles. The van der Waals surface area contributed by atoms with Crippen LogP contribution in [0.5, 0.6) is 0 Å². The van der Waals surface area contributed by atoms with Crippen LogP contribution in [0.1, 0.15) is 10.4 Å². The van der Waals surface area contributed by atoms with Crippen LogP contribution in [0.15, 0.2) is 67.0 Å². The van der Waals surface area contributed by atoms with Crippen molar-refractivity contribution in [3.63, 3.8) is 0 Å². The minimum Gasteiger partial charge on any atom is -0.354 e. The molecule has 5 aromatic rings. The van der Waals surface area contributed by atoms with Crippen LogP contribution in [0.2, 0.25) is 0 Å². The number of nitrogens with zero attached hydrogens (tertiary/aromatic N) is 2. The fraction of sp³-hybridized carbons (Fsp3) is 0.0833. The Kier molecular flexibility index (Phi) is 4.25. The highest BCUT2D eigenvalue weighted by molar-refractivity contribution is 7.15. The average Bonchev–Trinajstić information content (AvgIpc) is 3.31. The van der Waals surface area contributed by atoms with Crippen LogP contribution in [-0.2, 0) is 0 Å². The maximum Gasteiger partial charge on any atom is 0.132 e. The third-order valence-corrected chi connectivity index (χ3v) is 6.11. The summed E-state index contributed by atoms with van der Waals surface area (Å²) in [6.45, 7) is 4.01. The number of rotatable bonds is 3. The standard InChI is InChI=1S/C24H18FN3S/c1-14-5-3-7-19(25)22(14)21-12-18-11-16(8-9-20(18)27-21)23-15(2)29-24(28-23)17-6-4-10-26-13-17/h3-13,27H,1-2H3. The number of H-pyrrole nitrogens is 1. The molecule has 3 nitrogen and oxygen atoms in total. The van der Waals surface area contributed by atoms with Crippen molar-refractivity contribution in [2.24, 2.45) is 0 Å². The van der Waals surface area contributed by atoms with Gasteiger partial charge < -0.3 is 4.98 Å². The van der Waals surface area contributed by atoms with Gasteiger partial charge in [0.15, 0.2) is 0 Å². The number of aryl methyl sites for hydroxylation is 2. The number of halogens is 1. The summed E-state index contributed by atoms with van der Waals surface area (Å²) in [5.74, 6) is -0.215. The van der Waals surface area contributed by atoms with Crippen LogP contribution < -0.4 is 0 Å². The summed E-state index contributed by atoms with van der Waals surface area (Å²) in [6.07, 6.45) is 3.60. The second-order valence-corrected chi connectivity index (χ2v) is 8.29. The number of aromatic amines is 1. The minimum absolute atomic E-state index is 0.215. The molecule has 2 aromatic carbocycles. The van der Waals surface area contributed by atoms with Gasteiger partial charge in [0.1, 0.15) is 10.8 Å². The lowest BCUT2D eigenvalue weighted by molar-refractivity contribution is 0.630. The number of benzene rings is 2. The maximum atomic E-state index is 14.4. The summed E-state index contributed by atoms with van der Waals surface area (Å²) in [5.41, 5.74) is 6.34. The Morgan fingerprint density at radius 2 is 1.86 bits per heavy atom.